The molecule has 1 saturated carbocycles. The number of nitrogens with one attached hydrogen (secondary N) is 1. The fourth-order valence-corrected chi connectivity index (χ4v) is 3.63. The van der Waals surface area contributed by atoms with Crippen LogP contribution >= 0.6 is 12.4 Å². The largest absolute Gasteiger partial charge is 0.379 e. The number of hydrogen-bond donors (Lipinski definition) is 2. The summed E-state index contributed by atoms with van der Waals surface area (Å²) in [4.78, 5) is 26.7. The smallest absolute Gasteiger partial charge is 0.242 e. The highest BCUT2D eigenvalue weighted by Gasteiger charge is 2.41. The van der Waals surface area contributed by atoms with Gasteiger partial charge in [0.2, 0.25) is 11.8 Å². The van der Waals surface area contributed by atoms with E-state index in [1.807, 2.05) is 18.7 Å². The fourth-order valence-electron chi connectivity index (χ4n) is 3.63. The van der Waals surface area contributed by atoms with Crippen molar-refractivity contribution in [2.45, 2.75) is 70.4 Å². The van der Waals surface area contributed by atoms with Gasteiger partial charge in [0.05, 0.1) is 11.6 Å². The van der Waals surface area contributed by atoms with Gasteiger partial charge >= 0.3 is 0 Å². The SMILES string of the molecule is CC(C)OCCCNC(=O)C1CCN(C(=O)C2(N)CCCC2)CC1.Cl. The predicted molar refractivity (Wildman–Crippen MR) is 101 cm³/mol. The van der Waals surface area contributed by atoms with Crippen molar-refractivity contribution < 1.29 is 14.3 Å². The van der Waals surface area contributed by atoms with Gasteiger partial charge in [-0.25, -0.2) is 0 Å². The molecule has 0 aromatic carbocycles. The number of likely N-dealkylation sites (tertiary alicyclic amines) is 1. The molecule has 0 radical (unpaired) electrons. The van der Waals surface area contributed by atoms with Gasteiger partial charge in [-0.2, -0.15) is 0 Å². The van der Waals surface area contributed by atoms with Crippen molar-refractivity contribution in [3.05, 3.63) is 0 Å². The monoisotopic (exact) mass is 375 g/mol. The lowest BCUT2D eigenvalue weighted by Gasteiger charge is -2.36. The Labute approximate surface area is 157 Å². The van der Waals surface area contributed by atoms with Crippen LogP contribution in [0.25, 0.3) is 0 Å². The molecule has 25 heavy (non-hydrogen) atoms. The van der Waals surface area contributed by atoms with E-state index < -0.39 is 5.54 Å². The summed E-state index contributed by atoms with van der Waals surface area (Å²) in [7, 11) is 0. The lowest BCUT2D eigenvalue weighted by Crippen LogP contribution is -2.55. The molecule has 2 fully saturated rings. The van der Waals surface area contributed by atoms with Crippen molar-refractivity contribution in [2.75, 3.05) is 26.2 Å². The van der Waals surface area contributed by atoms with Crippen LogP contribution in [0.2, 0.25) is 0 Å². The number of amides is 2. The second-order valence-corrected chi connectivity index (χ2v) is 7.49. The quantitative estimate of drug-likeness (QED) is 0.665. The zero-order valence-corrected chi connectivity index (χ0v) is 16.4. The molecular weight excluding hydrogens is 342 g/mol. The van der Waals surface area contributed by atoms with Crippen LogP contribution in [0.4, 0.5) is 0 Å². The molecule has 0 unspecified atom stereocenters. The fraction of sp³-hybridized carbons (Fsp3) is 0.889. The van der Waals surface area contributed by atoms with Gasteiger partial charge in [0.1, 0.15) is 0 Å². The normalized spacial score (nSPS) is 20.4. The number of rotatable bonds is 7. The summed E-state index contributed by atoms with van der Waals surface area (Å²) in [6.45, 7) is 6.62. The topological polar surface area (TPSA) is 84.7 Å². The van der Waals surface area contributed by atoms with E-state index in [9.17, 15) is 9.59 Å². The van der Waals surface area contributed by atoms with Crippen LogP contribution in [-0.4, -0.2) is 54.6 Å². The molecule has 1 heterocycles. The van der Waals surface area contributed by atoms with E-state index in [4.69, 9.17) is 10.5 Å². The van der Waals surface area contributed by atoms with Crippen molar-refractivity contribution in [3.8, 4) is 0 Å². The molecule has 0 aromatic rings. The van der Waals surface area contributed by atoms with E-state index in [0.717, 1.165) is 44.9 Å². The minimum atomic E-state index is -0.647. The third kappa shape index (κ3) is 6.42. The maximum absolute atomic E-state index is 12.6. The number of ether oxygens (including phenoxy) is 1. The zero-order chi connectivity index (χ0) is 17.6. The summed E-state index contributed by atoms with van der Waals surface area (Å²) >= 11 is 0. The number of halogens is 1. The lowest BCUT2D eigenvalue weighted by molar-refractivity contribution is -0.140. The van der Waals surface area contributed by atoms with Crippen molar-refractivity contribution in [1.29, 1.82) is 0 Å². The molecule has 0 atom stereocenters. The van der Waals surface area contributed by atoms with Gasteiger partial charge in [0.25, 0.3) is 0 Å². The average Bonchev–Trinajstić information content (AvgIpc) is 3.01. The minimum Gasteiger partial charge on any atom is -0.379 e. The first-order chi connectivity index (χ1) is 11.4. The Hall–Kier alpha value is -0.850. The van der Waals surface area contributed by atoms with Crippen molar-refractivity contribution in [2.24, 2.45) is 11.7 Å². The third-order valence-electron chi connectivity index (χ3n) is 5.15. The van der Waals surface area contributed by atoms with Crippen LogP contribution < -0.4 is 11.1 Å². The molecule has 3 N–H and O–H groups in total. The van der Waals surface area contributed by atoms with Gasteiger partial charge in [0, 0.05) is 32.2 Å². The molecular formula is C18H34ClN3O3. The van der Waals surface area contributed by atoms with Crippen molar-refractivity contribution in [1.82, 2.24) is 10.2 Å². The Morgan fingerprint density at radius 2 is 1.84 bits per heavy atom. The standard InChI is InChI=1S/C18H33N3O3.ClH/c1-14(2)24-13-5-10-20-16(22)15-6-11-21(12-7-15)17(23)18(19)8-3-4-9-18;/h14-15H,3-13,19H2,1-2H3,(H,20,22);1H. The molecule has 1 aliphatic carbocycles. The first kappa shape index (κ1) is 22.2. The molecule has 1 saturated heterocycles. The van der Waals surface area contributed by atoms with E-state index in [1.165, 1.54) is 0 Å². The van der Waals surface area contributed by atoms with Crippen LogP contribution in [0, 0.1) is 5.92 Å². The third-order valence-corrected chi connectivity index (χ3v) is 5.15. The van der Waals surface area contributed by atoms with E-state index in [2.05, 4.69) is 5.32 Å². The molecule has 2 amide bonds. The minimum absolute atomic E-state index is 0. The Balaban J connectivity index is 0.00000312. The summed E-state index contributed by atoms with van der Waals surface area (Å²) in [5, 5.41) is 2.99. The Morgan fingerprint density at radius 3 is 2.40 bits per heavy atom. The van der Waals surface area contributed by atoms with E-state index in [-0.39, 0.29) is 36.2 Å². The predicted octanol–water partition coefficient (Wildman–Crippen LogP) is 1.85. The van der Waals surface area contributed by atoms with Crippen LogP contribution in [0.5, 0.6) is 0 Å². The summed E-state index contributed by atoms with van der Waals surface area (Å²) in [6, 6.07) is 0. The Morgan fingerprint density at radius 1 is 1.24 bits per heavy atom. The second kappa shape index (κ2) is 10.3. The van der Waals surface area contributed by atoms with Gasteiger partial charge in [-0.15, -0.1) is 12.4 Å². The molecule has 146 valence electrons. The zero-order valence-electron chi connectivity index (χ0n) is 15.6. The summed E-state index contributed by atoms with van der Waals surface area (Å²) in [5.41, 5.74) is 5.61. The Kier molecular flexibility index (Phi) is 9.17. The molecule has 0 aromatic heterocycles. The number of hydrogen-bond acceptors (Lipinski definition) is 4. The highest BCUT2D eigenvalue weighted by Crippen LogP contribution is 2.30. The highest BCUT2D eigenvalue weighted by atomic mass is 35.5. The van der Waals surface area contributed by atoms with Crippen LogP contribution in [0.15, 0.2) is 0 Å². The first-order valence-corrected chi connectivity index (χ1v) is 9.40. The molecule has 2 rings (SSSR count). The summed E-state index contributed by atoms with van der Waals surface area (Å²) < 4.78 is 5.46. The van der Waals surface area contributed by atoms with Crippen LogP contribution in [0.3, 0.4) is 0 Å². The second-order valence-electron chi connectivity index (χ2n) is 7.49. The average molecular weight is 376 g/mol. The van der Waals surface area contributed by atoms with Crippen molar-refractivity contribution >= 4 is 24.2 Å². The summed E-state index contributed by atoms with van der Waals surface area (Å²) in [5.74, 6) is 0.206. The van der Waals surface area contributed by atoms with Gasteiger partial charge in [0.15, 0.2) is 0 Å². The van der Waals surface area contributed by atoms with Crippen LogP contribution in [-0.2, 0) is 14.3 Å². The number of nitrogens with zero attached hydrogens (tertiary/aromatic N) is 1. The van der Waals surface area contributed by atoms with Gasteiger partial charge < -0.3 is 20.7 Å². The number of piperidine rings is 1. The van der Waals surface area contributed by atoms with Crippen molar-refractivity contribution in [3.63, 3.8) is 0 Å². The van der Waals surface area contributed by atoms with E-state index >= 15 is 0 Å². The summed E-state index contributed by atoms with van der Waals surface area (Å²) in [6.07, 6.45) is 6.20. The number of carbonyl (C=O) groups excluding carboxylic acids is 2. The number of nitrogens with two attached hydrogens (primary N) is 1. The lowest BCUT2D eigenvalue weighted by atomic mass is 9.92. The first-order valence-electron chi connectivity index (χ1n) is 9.40. The molecule has 0 bridgehead atoms. The van der Waals surface area contributed by atoms with Gasteiger partial charge in [-0.1, -0.05) is 12.8 Å². The van der Waals surface area contributed by atoms with Crippen LogP contribution in [0.1, 0.15) is 58.8 Å². The Bertz CT molecular complexity index is 431. The highest BCUT2D eigenvalue weighted by molar-refractivity contribution is 5.87. The van der Waals surface area contributed by atoms with Gasteiger partial charge in [-0.3, -0.25) is 9.59 Å². The maximum Gasteiger partial charge on any atom is 0.242 e. The van der Waals surface area contributed by atoms with Gasteiger partial charge in [-0.05, 0) is 46.0 Å². The number of carbonyl (C=O) groups is 2. The molecule has 6 nitrogen and oxygen atoms in total. The maximum atomic E-state index is 12.6. The van der Waals surface area contributed by atoms with E-state index in [1.54, 1.807) is 0 Å². The molecule has 2 aliphatic rings. The molecule has 0 spiro atoms. The van der Waals surface area contributed by atoms with E-state index in [0.29, 0.717) is 26.2 Å². The molecule has 1 aliphatic heterocycles. The molecule has 7 heteroatoms.